The molecule has 31 heavy (non-hydrogen) atoms. The Hall–Kier alpha value is -3.39. The Balaban J connectivity index is 1.25. The lowest BCUT2D eigenvalue weighted by atomic mass is 9.98. The Morgan fingerprint density at radius 3 is 2.29 bits per heavy atom. The highest BCUT2D eigenvalue weighted by atomic mass is 16.5. The van der Waals surface area contributed by atoms with Gasteiger partial charge in [0.2, 0.25) is 5.91 Å². The standard InChI is InChI=1S/C23H24N2O6/c26-21(27)11-24-22(28)14-9-15(30-12-14)10-25-23(29)31-13-20-18-7-3-1-5-16(18)17-6-2-4-8-19(17)20/h1-8,14-15,20H,9-13H2,(H,24,28)(H,25,29)(H,26,27). The maximum absolute atomic E-state index is 12.2. The highest BCUT2D eigenvalue weighted by molar-refractivity contribution is 5.83. The second-order valence-corrected chi connectivity index (χ2v) is 7.71. The Morgan fingerprint density at radius 2 is 1.65 bits per heavy atom. The van der Waals surface area contributed by atoms with Gasteiger partial charge in [0.15, 0.2) is 0 Å². The molecule has 162 valence electrons. The Kier molecular flexibility index (Phi) is 6.18. The number of ether oxygens (including phenoxy) is 2. The lowest BCUT2D eigenvalue weighted by molar-refractivity contribution is -0.138. The average molecular weight is 424 g/mol. The van der Waals surface area contributed by atoms with E-state index in [1.165, 1.54) is 11.1 Å². The largest absolute Gasteiger partial charge is 0.480 e. The van der Waals surface area contributed by atoms with Crippen molar-refractivity contribution in [1.82, 2.24) is 10.6 Å². The normalized spacial score (nSPS) is 19.4. The maximum Gasteiger partial charge on any atom is 0.407 e. The summed E-state index contributed by atoms with van der Waals surface area (Å²) in [6.07, 6.45) is -0.444. The highest BCUT2D eigenvalue weighted by Gasteiger charge is 2.32. The molecule has 2 aromatic carbocycles. The van der Waals surface area contributed by atoms with Gasteiger partial charge in [0.25, 0.3) is 0 Å². The van der Waals surface area contributed by atoms with Crippen LogP contribution in [0.4, 0.5) is 4.79 Å². The van der Waals surface area contributed by atoms with Gasteiger partial charge >= 0.3 is 12.1 Å². The molecule has 0 radical (unpaired) electrons. The molecule has 1 heterocycles. The molecule has 1 aliphatic heterocycles. The summed E-state index contributed by atoms with van der Waals surface area (Å²) in [6.45, 7) is 0.228. The molecule has 1 aliphatic carbocycles. The number of alkyl carbamates (subject to hydrolysis) is 1. The second-order valence-electron chi connectivity index (χ2n) is 7.71. The number of amides is 2. The number of carbonyl (C=O) groups excluding carboxylic acids is 2. The van der Waals surface area contributed by atoms with E-state index in [0.717, 1.165) is 11.1 Å². The van der Waals surface area contributed by atoms with E-state index in [2.05, 4.69) is 34.9 Å². The molecule has 0 bridgehead atoms. The summed E-state index contributed by atoms with van der Waals surface area (Å²) in [5, 5.41) is 13.7. The van der Waals surface area contributed by atoms with Crippen LogP contribution in [0.3, 0.4) is 0 Å². The number of carboxylic acid groups (broad SMARTS) is 1. The van der Waals surface area contributed by atoms with Gasteiger partial charge in [-0.25, -0.2) is 4.79 Å². The zero-order valence-electron chi connectivity index (χ0n) is 16.9. The molecule has 1 fully saturated rings. The lowest BCUT2D eigenvalue weighted by Crippen LogP contribution is -2.35. The number of carboxylic acids is 1. The summed E-state index contributed by atoms with van der Waals surface area (Å²) in [5.41, 5.74) is 4.62. The van der Waals surface area contributed by atoms with Crippen molar-refractivity contribution < 1.29 is 29.0 Å². The second kappa shape index (κ2) is 9.18. The lowest BCUT2D eigenvalue weighted by Gasteiger charge is -2.15. The first-order valence-electron chi connectivity index (χ1n) is 10.2. The van der Waals surface area contributed by atoms with Crippen LogP contribution in [-0.2, 0) is 19.1 Å². The number of aliphatic carboxylic acids is 1. The summed E-state index contributed by atoms with van der Waals surface area (Å²) in [6, 6.07) is 16.2. The minimum Gasteiger partial charge on any atom is -0.480 e. The predicted molar refractivity (Wildman–Crippen MR) is 112 cm³/mol. The molecular formula is C23H24N2O6. The molecule has 0 saturated carbocycles. The van der Waals surface area contributed by atoms with Crippen LogP contribution in [0.1, 0.15) is 23.5 Å². The first kappa shape index (κ1) is 20.9. The zero-order chi connectivity index (χ0) is 21.8. The van der Waals surface area contributed by atoms with Crippen molar-refractivity contribution in [3.05, 3.63) is 59.7 Å². The number of benzene rings is 2. The van der Waals surface area contributed by atoms with E-state index in [9.17, 15) is 14.4 Å². The van der Waals surface area contributed by atoms with Crippen molar-refractivity contribution in [1.29, 1.82) is 0 Å². The molecule has 3 N–H and O–H groups in total. The van der Waals surface area contributed by atoms with Gasteiger partial charge in [0.05, 0.1) is 18.6 Å². The van der Waals surface area contributed by atoms with Crippen molar-refractivity contribution in [3.8, 4) is 11.1 Å². The van der Waals surface area contributed by atoms with Gasteiger partial charge in [-0.05, 0) is 28.7 Å². The van der Waals surface area contributed by atoms with Crippen LogP contribution in [0.15, 0.2) is 48.5 Å². The van der Waals surface area contributed by atoms with Crippen LogP contribution in [0, 0.1) is 5.92 Å². The third-order valence-electron chi connectivity index (χ3n) is 5.68. The van der Waals surface area contributed by atoms with Gasteiger partial charge in [-0.1, -0.05) is 48.5 Å². The smallest absolute Gasteiger partial charge is 0.407 e. The molecule has 2 aromatic rings. The molecule has 1 saturated heterocycles. The number of rotatable bonds is 7. The van der Waals surface area contributed by atoms with Gasteiger partial charge in [-0.2, -0.15) is 0 Å². The maximum atomic E-state index is 12.2. The van der Waals surface area contributed by atoms with Crippen LogP contribution in [-0.4, -0.2) is 55.5 Å². The van der Waals surface area contributed by atoms with E-state index in [1.54, 1.807) is 0 Å². The molecule has 2 aliphatic rings. The fraction of sp³-hybridized carbons (Fsp3) is 0.348. The Bertz CT molecular complexity index is 946. The summed E-state index contributed by atoms with van der Waals surface area (Å²) >= 11 is 0. The first-order chi connectivity index (χ1) is 15.0. The van der Waals surface area contributed by atoms with Crippen molar-refractivity contribution >= 4 is 18.0 Å². The van der Waals surface area contributed by atoms with Crippen molar-refractivity contribution in [2.45, 2.75) is 18.4 Å². The number of hydrogen-bond donors (Lipinski definition) is 3. The molecule has 2 atom stereocenters. The van der Waals surface area contributed by atoms with Crippen molar-refractivity contribution in [2.24, 2.45) is 5.92 Å². The van der Waals surface area contributed by atoms with E-state index in [0.29, 0.717) is 6.42 Å². The van der Waals surface area contributed by atoms with Crippen LogP contribution < -0.4 is 10.6 Å². The molecule has 2 unspecified atom stereocenters. The van der Waals surface area contributed by atoms with Gasteiger partial charge < -0.3 is 25.2 Å². The first-order valence-corrected chi connectivity index (χ1v) is 10.2. The fourth-order valence-corrected chi connectivity index (χ4v) is 4.18. The molecular weight excluding hydrogens is 400 g/mol. The van der Waals surface area contributed by atoms with Crippen molar-refractivity contribution in [2.75, 3.05) is 26.3 Å². The number of fused-ring (bicyclic) bond motifs is 3. The fourth-order valence-electron chi connectivity index (χ4n) is 4.18. The molecule has 0 spiro atoms. The van der Waals surface area contributed by atoms with Gasteiger partial charge in [0, 0.05) is 12.5 Å². The minimum atomic E-state index is -1.10. The SMILES string of the molecule is O=C(O)CNC(=O)C1COC(CNC(=O)OCC2c3ccccc3-c3ccccc32)C1. The molecule has 8 nitrogen and oxygen atoms in total. The Labute approximate surface area is 179 Å². The number of hydrogen-bond acceptors (Lipinski definition) is 5. The number of carbonyl (C=O) groups is 3. The predicted octanol–water partition coefficient (Wildman–Crippen LogP) is 2.13. The highest BCUT2D eigenvalue weighted by Crippen LogP contribution is 2.44. The summed E-state index contributed by atoms with van der Waals surface area (Å²) in [5.74, 6) is -1.89. The molecule has 4 rings (SSSR count). The van der Waals surface area contributed by atoms with E-state index in [-0.39, 0.29) is 37.7 Å². The third-order valence-corrected chi connectivity index (χ3v) is 5.68. The van der Waals surface area contributed by atoms with Gasteiger partial charge in [-0.3, -0.25) is 9.59 Å². The van der Waals surface area contributed by atoms with Gasteiger partial charge in [0.1, 0.15) is 13.2 Å². The summed E-state index contributed by atoms with van der Waals surface area (Å²) in [4.78, 5) is 34.7. The molecule has 8 heteroatoms. The summed E-state index contributed by atoms with van der Waals surface area (Å²) in [7, 11) is 0. The van der Waals surface area contributed by atoms with Crippen LogP contribution in [0.5, 0.6) is 0 Å². The van der Waals surface area contributed by atoms with Crippen LogP contribution in [0.2, 0.25) is 0 Å². The molecule has 0 aromatic heterocycles. The van der Waals surface area contributed by atoms with Crippen molar-refractivity contribution in [3.63, 3.8) is 0 Å². The summed E-state index contributed by atoms with van der Waals surface area (Å²) < 4.78 is 11.0. The topological polar surface area (TPSA) is 114 Å². The monoisotopic (exact) mass is 424 g/mol. The van der Waals surface area contributed by atoms with E-state index in [1.807, 2.05) is 24.3 Å². The van der Waals surface area contributed by atoms with Crippen LogP contribution >= 0.6 is 0 Å². The third kappa shape index (κ3) is 4.69. The average Bonchev–Trinajstić information content (AvgIpc) is 3.38. The van der Waals surface area contributed by atoms with E-state index >= 15 is 0 Å². The zero-order valence-corrected chi connectivity index (χ0v) is 16.9. The van der Waals surface area contributed by atoms with Gasteiger partial charge in [-0.15, -0.1) is 0 Å². The van der Waals surface area contributed by atoms with Crippen LogP contribution in [0.25, 0.3) is 11.1 Å². The van der Waals surface area contributed by atoms with E-state index < -0.39 is 24.5 Å². The van der Waals surface area contributed by atoms with E-state index in [4.69, 9.17) is 14.6 Å². The number of nitrogens with one attached hydrogen (secondary N) is 2. The minimum absolute atomic E-state index is 0.0109. The molecule has 2 amide bonds. The Morgan fingerprint density at radius 1 is 1.00 bits per heavy atom. The quantitative estimate of drug-likeness (QED) is 0.628.